The molecule has 4 nitrogen and oxygen atoms in total. The number of amides is 2. The van der Waals surface area contributed by atoms with Gasteiger partial charge in [0, 0.05) is 42.9 Å². The second-order valence-electron chi connectivity index (χ2n) is 6.10. The van der Waals surface area contributed by atoms with Gasteiger partial charge in [-0.1, -0.05) is 6.07 Å². The highest BCUT2D eigenvalue weighted by Gasteiger charge is 2.22. The van der Waals surface area contributed by atoms with E-state index in [0.29, 0.717) is 30.8 Å². The highest BCUT2D eigenvalue weighted by atomic mass is 19.1. The molecule has 0 saturated heterocycles. The van der Waals surface area contributed by atoms with Crippen LogP contribution >= 0.6 is 0 Å². The lowest BCUT2D eigenvalue weighted by Gasteiger charge is -2.27. The second kappa shape index (κ2) is 7.19. The third kappa shape index (κ3) is 3.56. The van der Waals surface area contributed by atoms with E-state index in [4.69, 9.17) is 0 Å². The lowest BCUT2D eigenvalue weighted by Crippen LogP contribution is -2.36. The molecule has 0 radical (unpaired) electrons. The third-order valence-corrected chi connectivity index (χ3v) is 4.44. The number of nitrogens with zero attached hydrogens (tertiary/aromatic N) is 1. The maximum atomic E-state index is 13.6. The largest absolute Gasteiger partial charge is 0.348 e. The van der Waals surface area contributed by atoms with Crippen LogP contribution in [-0.2, 0) is 24.3 Å². The molecule has 7 heteroatoms. The average Bonchev–Trinajstić information content (AvgIpc) is 2.59. The van der Waals surface area contributed by atoms with E-state index in [2.05, 4.69) is 5.32 Å². The highest BCUT2D eigenvalue weighted by Crippen LogP contribution is 2.21. The number of hydrogen-bond donors (Lipinski definition) is 1. The van der Waals surface area contributed by atoms with Gasteiger partial charge in [-0.05, 0) is 30.2 Å². The lowest BCUT2D eigenvalue weighted by molar-refractivity contribution is -0.131. The molecule has 2 aromatic carbocycles. The van der Waals surface area contributed by atoms with E-state index in [1.807, 2.05) is 6.92 Å². The molecule has 1 N–H and O–H groups in total. The Hall–Kier alpha value is -2.83. The predicted molar refractivity (Wildman–Crippen MR) is 88.7 cm³/mol. The molecule has 0 bridgehead atoms. The first-order valence-electron chi connectivity index (χ1n) is 8.20. The topological polar surface area (TPSA) is 49.4 Å². The van der Waals surface area contributed by atoms with Gasteiger partial charge in [0.05, 0.1) is 6.42 Å². The van der Waals surface area contributed by atoms with Gasteiger partial charge in [-0.2, -0.15) is 0 Å². The molecule has 0 aliphatic carbocycles. The number of carbonyl (C=O) groups is 2. The Labute approximate surface area is 148 Å². The van der Waals surface area contributed by atoms with Crippen LogP contribution in [0.15, 0.2) is 30.3 Å². The number of benzene rings is 2. The summed E-state index contributed by atoms with van der Waals surface area (Å²) in [6.45, 7) is 2.61. The van der Waals surface area contributed by atoms with E-state index < -0.39 is 35.5 Å². The quantitative estimate of drug-likeness (QED) is 0.909. The number of hydrogen-bond acceptors (Lipinski definition) is 2. The van der Waals surface area contributed by atoms with Crippen molar-refractivity contribution in [3.8, 4) is 0 Å². The van der Waals surface area contributed by atoms with Gasteiger partial charge in [-0.15, -0.1) is 0 Å². The third-order valence-electron chi connectivity index (χ3n) is 4.44. The number of halogens is 3. The van der Waals surface area contributed by atoms with Crippen LogP contribution in [0.2, 0.25) is 0 Å². The summed E-state index contributed by atoms with van der Waals surface area (Å²) >= 11 is 0. The van der Waals surface area contributed by atoms with Crippen LogP contribution in [-0.4, -0.2) is 23.3 Å². The number of nitrogens with one attached hydrogen (secondary N) is 1. The molecule has 1 aliphatic heterocycles. The van der Waals surface area contributed by atoms with Gasteiger partial charge in [-0.3, -0.25) is 9.59 Å². The van der Waals surface area contributed by atoms with Gasteiger partial charge >= 0.3 is 0 Å². The summed E-state index contributed by atoms with van der Waals surface area (Å²) in [5.74, 6) is -3.66. The maximum absolute atomic E-state index is 13.6. The Kier molecular flexibility index (Phi) is 4.97. The summed E-state index contributed by atoms with van der Waals surface area (Å²) in [5.41, 5.74) is 1.63. The summed E-state index contributed by atoms with van der Waals surface area (Å²) in [6, 6.07) is 6.13. The van der Waals surface area contributed by atoms with Crippen molar-refractivity contribution in [2.75, 3.05) is 6.54 Å². The SMILES string of the molecule is CCN1Cc2ccc(C(=O)NCc3c(F)cc(F)cc3F)cc2CC1=O. The zero-order valence-electron chi connectivity index (χ0n) is 14.1. The first kappa shape index (κ1) is 18.0. The molecule has 26 heavy (non-hydrogen) atoms. The van der Waals surface area contributed by atoms with Crippen molar-refractivity contribution in [3.63, 3.8) is 0 Å². The lowest BCUT2D eigenvalue weighted by atomic mass is 9.96. The first-order valence-corrected chi connectivity index (χ1v) is 8.20. The van der Waals surface area contributed by atoms with Crippen molar-refractivity contribution in [3.05, 3.63) is 70.0 Å². The van der Waals surface area contributed by atoms with Crippen LogP contribution in [0.4, 0.5) is 13.2 Å². The summed E-state index contributed by atoms with van der Waals surface area (Å²) in [4.78, 5) is 26.0. The fourth-order valence-corrected chi connectivity index (χ4v) is 2.95. The molecule has 136 valence electrons. The van der Waals surface area contributed by atoms with E-state index >= 15 is 0 Å². The summed E-state index contributed by atoms with van der Waals surface area (Å²) in [5, 5.41) is 2.42. The number of rotatable bonds is 4. The Morgan fingerprint density at radius 2 is 1.81 bits per heavy atom. The molecule has 1 heterocycles. The number of carbonyl (C=O) groups excluding carboxylic acids is 2. The van der Waals surface area contributed by atoms with Crippen molar-refractivity contribution in [2.24, 2.45) is 0 Å². The zero-order chi connectivity index (χ0) is 18.8. The van der Waals surface area contributed by atoms with Gasteiger partial charge < -0.3 is 10.2 Å². The van der Waals surface area contributed by atoms with Crippen LogP contribution in [0.1, 0.15) is 34.0 Å². The van der Waals surface area contributed by atoms with Gasteiger partial charge in [0.25, 0.3) is 5.91 Å². The Morgan fingerprint density at radius 1 is 1.12 bits per heavy atom. The minimum absolute atomic E-state index is 0.00647. The number of likely N-dealkylation sites (N-methyl/N-ethyl adjacent to an activating group) is 1. The fraction of sp³-hybridized carbons (Fsp3) is 0.263. The molecule has 1 aliphatic rings. The second-order valence-corrected chi connectivity index (χ2v) is 6.10. The fourth-order valence-electron chi connectivity index (χ4n) is 2.95. The minimum Gasteiger partial charge on any atom is -0.348 e. The molecule has 0 unspecified atom stereocenters. The van der Waals surface area contributed by atoms with Crippen LogP contribution < -0.4 is 5.32 Å². The molecule has 3 rings (SSSR count). The predicted octanol–water partition coefficient (Wildman–Crippen LogP) is 2.94. The van der Waals surface area contributed by atoms with Crippen LogP contribution in [0.3, 0.4) is 0 Å². The molecule has 2 aromatic rings. The van der Waals surface area contributed by atoms with Crippen molar-refractivity contribution in [2.45, 2.75) is 26.4 Å². The van der Waals surface area contributed by atoms with E-state index in [1.165, 1.54) is 0 Å². The van der Waals surface area contributed by atoms with Crippen molar-refractivity contribution < 1.29 is 22.8 Å². The summed E-state index contributed by atoms with van der Waals surface area (Å²) in [6.07, 6.45) is 0.214. The minimum atomic E-state index is -1.06. The van der Waals surface area contributed by atoms with E-state index in [0.717, 1.165) is 11.1 Å². The monoisotopic (exact) mass is 362 g/mol. The molecular formula is C19H17F3N2O2. The molecule has 0 fully saturated rings. The zero-order valence-corrected chi connectivity index (χ0v) is 14.1. The molecule has 0 spiro atoms. The highest BCUT2D eigenvalue weighted by molar-refractivity contribution is 5.95. The Balaban J connectivity index is 1.74. The normalized spacial score (nSPS) is 13.5. The first-order chi connectivity index (χ1) is 12.4. The Bertz CT molecular complexity index is 860. The van der Waals surface area contributed by atoms with Crippen LogP contribution in [0, 0.1) is 17.5 Å². The van der Waals surface area contributed by atoms with Gasteiger partial charge in [-0.25, -0.2) is 13.2 Å². The Morgan fingerprint density at radius 3 is 2.46 bits per heavy atom. The molecule has 2 amide bonds. The summed E-state index contributed by atoms with van der Waals surface area (Å²) in [7, 11) is 0. The molecule has 0 atom stereocenters. The van der Waals surface area contributed by atoms with Crippen LogP contribution in [0.25, 0.3) is 0 Å². The van der Waals surface area contributed by atoms with E-state index in [9.17, 15) is 22.8 Å². The van der Waals surface area contributed by atoms with Crippen molar-refractivity contribution >= 4 is 11.8 Å². The maximum Gasteiger partial charge on any atom is 0.251 e. The summed E-state index contributed by atoms with van der Waals surface area (Å²) < 4.78 is 40.2. The smallest absolute Gasteiger partial charge is 0.251 e. The van der Waals surface area contributed by atoms with E-state index in [1.54, 1.807) is 23.1 Å². The van der Waals surface area contributed by atoms with Crippen molar-refractivity contribution in [1.82, 2.24) is 10.2 Å². The van der Waals surface area contributed by atoms with E-state index in [-0.39, 0.29) is 12.3 Å². The molecule has 0 aromatic heterocycles. The van der Waals surface area contributed by atoms with Crippen LogP contribution in [0.5, 0.6) is 0 Å². The van der Waals surface area contributed by atoms with Gasteiger partial charge in [0.1, 0.15) is 17.5 Å². The molecular weight excluding hydrogens is 345 g/mol. The number of fused-ring (bicyclic) bond motifs is 1. The van der Waals surface area contributed by atoms with Gasteiger partial charge in [0.15, 0.2) is 0 Å². The van der Waals surface area contributed by atoms with Gasteiger partial charge in [0.2, 0.25) is 5.91 Å². The standard InChI is InChI=1S/C19H17F3N2O2/c1-2-24-10-12-4-3-11(5-13(12)6-18(24)25)19(26)23-9-15-16(21)7-14(20)8-17(15)22/h3-5,7-8H,2,6,9-10H2,1H3,(H,23,26). The van der Waals surface area contributed by atoms with Crippen molar-refractivity contribution in [1.29, 1.82) is 0 Å². The average molecular weight is 362 g/mol. The molecule has 0 saturated carbocycles.